The zero-order chi connectivity index (χ0) is 27.9. The molecule has 3 rings (SSSR count). The van der Waals surface area contributed by atoms with Gasteiger partial charge >= 0.3 is 5.97 Å². The molecule has 0 spiro atoms. The van der Waals surface area contributed by atoms with Crippen molar-refractivity contribution < 1.29 is 19.4 Å². The number of ether oxygens (including phenoxy) is 2. The molecule has 7 heteroatoms. The molecule has 1 aliphatic rings. The lowest BCUT2D eigenvalue weighted by atomic mass is 9.82. The number of aliphatic carboxylic acids is 1. The third kappa shape index (κ3) is 8.16. The summed E-state index contributed by atoms with van der Waals surface area (Å²) in [5.74, 6) is -0.276. The number of aromatic nitrogens is 2. The Balaban J connectivity index is 1.97. The quantitative estimate of drug-likeness (QED) is 0.290. The summed E-state index contributed by atoms with van der Waals surface area (Å²) in [6.07, 6.45) is 10.4. The van der Waals surface area contributed by atoms with Gasteiger partial charge in [0.05, 0.1) is 29.8 Å². The first-order valence-electron chi connectivity index (χ1n) is 14.2. The first-order valence-corrected chi connectivity index (χ1v) is 14.2. The highest BCUT2D eigenvalue weighted by atomic mass is 16.5. The Morgan fingerprint density at radius 2 is 1.76 bits per heavy atom. The molecule has 1 aliphatic heterocycles. The van der Waals surface area contributed by atoms with Crippen LogP contribution in [0.2, 0.25) is 0 Å². The van der Waals surface area contributed by atoms with Crippen LogP contribution in [0.15, 0.2) is 24.5 Å². The van der Waals surface area contributed by atoms with E-state index in [4.69, 9.17) is 14.5 Å². The van der Waals surface area contributed by atoms with Crippen molar-refractivity contribution in [1.29, 1.82) is 0 Å². The van der Waals surface area contributed by atoms with E-state index in [-0.39, 0.29) is 5.41 Å². The molecular formula is C31H47N3O4. The van der Waals surface area contributed by atoms with Gasteiger partial charge in [-0.1, -0.05) is 46.5 Å². The lowest BCUT2D eigenvalue weighted by molar-refractivity contribution is -0.160. The van der Waals surface area contributed by atoms with Crippen molar-refractivity contribution in [2.75, 3.05) is 24.6 Å². The molecule has 0 amide bonds. The van der Waals surface area contributed by atoms with Crippen LogP contribution in [0.1, 0.15) is 104 Å². The molecule has 0 saturated carbocycles. The van der Waals surface area contributed by atoms with Crippen molar-refractivity contribution >= 4 is 11.7 Å². The van der Waals surface area contributed by atoms with Gasteiger partial charge in [-0.15, -0.1) is 0 Å². The smallest absolute Gasteiger partial charge is 0.337 e. The Kier molecular flexibility index (Phi) is 10.2. The van der Waals surface area contributed by atoms with Gasteiger partial charge in [0.25, 0.3) is 0 Å². The highest BCUT2D eigenvalue weighted by Crippen LogP contribution is 2.43. The maximum Gasteiger partial charge on any atom is 0.337 e. The summed E-state index contributed by atoms with van der Waals surface area (Å²) in [6, 6.07) is 3.89. The number of rotatable bonds is 12. The predicted molar refractivity (Wildman–Crippen MR) is 153 cm³/mol. The zero-order valence-electron chi connectivity index (χ0n) is 24.5. The van der Waals surface area contributed by atoms with E-state index in [9.17, 15) is 9.90 Å². The number of piperidine rings is 1. The van der Waals surface area contributed by atoms with Gasteiger partial charge < -0.3 is 19.5 Å². The molecule has 0 bridgehead atoms. The predicted octanol–water partition coefficient (Wildman–Crippen LogP) is 7.37. The van der Waals surface area contributed by atoms with E-state index < -0.39 is 17.7 Å². The summed E-state index contributed by atoms with van der Waals surface area (Å²) in [5.41, 5.74) is 3.31. The van der Waals surface area contributed by atoms with Gasteiger partial charge in [-0.2, -0.15) is 0 Å². The summed E-state index contributed by atoms with van der Waals surface area (Å²) in [7, 11) is 0. The Hall–Kier alpha value is -2.67. The maximum absolute atomic E-state index is 12.5. The third-order valence-electron chi connectivity index (χ3n) is 7.21. The average molecular weight is 526 g/mol. The summed E-state index contributed by atoms with van der Waals surface area (Å²) in [4.78, 5) is 24.2. The van der Waals surface area contributed by atoms with Crippen LogP contribution in [-0.4, -0.2) is 46.3 Å². The minimum absolute atomic E-state index is 0.251. The van der Waals surface area contributed by atoms with Crippen LogP contribution in [0.25, 0.3) is 11.3 Å². The summed E-state index contributed by atoms with van der Waals surface area (Å²) in [6.45, 7) is 16.6. The first kappa shape index (κ1) is 29.9. The highest BCUT2D eigenvalue weighted by molar-refractivity contribution is 5.85. The Labute approximate surface area is 229 Å². The van der Waals surface area contributed by atoms with E-state index in [2.05, 4.69) is 30.7 Å². The fraction of sp³-hybridized carbons (Fsp3) is 0.645. The van der Waals surface area contributed by atoms with Crippen LogP contribution in [-0.2, 0) is 9.53 Å². The summed E-state index contributed by atoms with van der Waals surface area (Å²) >= 11 is 0. The van der Waals surface area contributed by atoms with E-state index in [1.54, 1.807) is 6.20 Å². The van der Waals surface area contributed by atoms with Gasteiger partial charge in [-0.25, -0.2) is 4.79 Å². The van der Waals surface area contributed by atoms with Gasteiger partial charge in [0, 0.05) is 36.1 Å². The molecule has 0 radical (unpaired) electrons. The second kappa shape index (κ2) is 12.9. The van der Waals surface area contributed by atoms with Crippen molar-refractivity contribution in [1.82, 2.24) is 9.97 Å². The number of anilines is 1. The molecule has 1 saturated heterocycles. The van der Waals surface area contributed by atoms with Crippen molar-refractivity contribution in [3.63, 3.8) is 0 Å². The topological polar surface area (TPSA) is 84.8 Å². The molecule has 0 aromatic carbocycles. The minimum atomic E-state index is -1.14. The monoisotopic (exact) mass is 525 g/mol. The molecule has 3 heterocycles. The molecule has 0 aliphatic carbocycles. The van der Waals surface area contributed by atoms with Gasteiger partial charge in [0.1, 0.15) is 5.75 Å². The van der Waals surface area contributed by atoms with Crippen LogP contribution in [0.5, 0.6) is 5.75 Å². The average Bonchev–Trinajstić information content (AvgIpc) is 2.85. The van der Waals surface area contributed by atoms with Crippen molar-refractivity contribution in [2.45, 2.75) is 105 Å². The van der Waals surface area contributed by atoms with E-state index in [1.165, 1.54) is 25.7 Å². The molecule has 38 heavy (non-hydrogen) atoms. The van der Waals surface area contributed by atoms with Crippen molar-refractivity contribution in [3.05, 3.63) is 35.8 Å². The number of hydrogen-bond donors (Lipinski definition) is 1. The molecule has 7 nitrogen and oxygen atoms in total. The second-order valence-corrected chi connectivity index (χ2v) is 12.3. The lowest BCUT2D eigenvalue weighted by Crippen LogP contribution is -2.39. The number of nitrogens with zero attached hydrogens (tertiary/aromatic N) is 3. The molecule has 1 unspecified atom stereocenters. The molecule has 210 valence electrons. The standard InChI is InChI=1S/C31H47N3O4/c1-8-9-10-11-12-19-37-23-13-14-25(33-20-23)24-21-32-22(2)26(28(29(35)36)38-30(3,4)5)27(24)34-17-15-31(6,7)16-18-34/h13-14,20-21,28H,8-12,15-19H2,1-7H3,(H,35,36). The van der Waals surface area contributed by atoms with Gasteiger partial charge in [0.15, 0.2) is 6.10 Å². The Morgan fingerprint density at radius 1 is 1.08 bits per heavy atom. The largest absolute Gasteiger partial charge is 0.492 e. The van der Waals surface area contributed by atoms with E-state index in [0.717, 1.165) is 55.0 Å². The van der Waals surface area contributed by atoms with Crippen molar-refractivity contribution in [3.8, 4) is 17.0 Å². The normalized spacial score (nSPS) is 16.3. The third-order valence-corrected chi connectivity index (χ3v) is 7.21. The Bertz CT molecular complexity index is 1050. The SMILES string of the molecule is CCCCCCCOc1ccc(-c2cnc(C)c(C(OC(C)(C)C)C(=O)O)c2N2CCC(C)(C)CC2)nc1. The number of pyridine rings is 2. The fourth-order valence-electron chi connectivity index (χ4n) is 4.89. The van der Waals surface area contributed by atoms with E-state index >= 15 is 0 Å². The minimum Gasteiger partial charge on any atom is -0.492 e. The van der Waals surface area contributed by atoms with Crippen LogP contribution in [0.4, 0.5) is 5.69 Å². The maximum atomic E-state index is 12.5. The summed E-state index contributed by atoms with van der Waals surface area (Å²) in [5, 5.41) is 10.3. The first-order chi connectivity index (χ1) is 17.9. The van der Waals surface area contributed by atoms with E-state index in [0.29, 0.717) is 17.9 Å². The zero-order valence-corrected chi connectivity index (χ0v) is 24.5. The molecular weight excluding hydrogens is 478 g/mol. The second-order valence-electron chi connectivity index (χ2n) is 12.3. The number of hydrogen-bond acceptors (Lipinski definition) is 6. The fourth-order valence-corrected chi connectivity index (χ4v) is 4.89. The van der Waals surface area contributed by atoms with Gasteiger partial charge in [0.2, 0.25) is 0 Å². The molecule has 2 aromatic rings. The highest BCUT2D eigenvalue weighted by Gasteiger charge is 2.36. The molecule has 1 fully saturated rings. The molecule has 1 N–H and O–H groups in total. The van der Waals surface area contributed by atoms with E-state index in [1.807, 2.05) is 46.0 Å². The number of carbonyl (C=O) groups is 1. The number of aryl methyl sites for hydroxylation is 1. The summed E-state index contributed by atoms with van der Waals surface area (Å²) < 4.78 is 12.0. The van der Waals surface area contributed by atoms with Gasteiger partial charge in [-0.3, -0.25) is 9.97 Å². The van der Waals surface area contributed by atoms with Crippen molar-refractivity contribution in [2.24, 2.45) is 5.41 Å². The van der Waals surface area contributed by atoms with Gasteiger partial charge in [-0.05, 0) is 64.5 Å². The number of carboxylic acids is 1. The number of unbranched alkanes of at least 4 members (excludes halogenated alkanes) is 4. The molecule has 1 atom stereocenters. The number of carboxylic acid groups (broad SMARTS) is 1. The molecule has 2 aromatic heterocycles. The van der Waals surface area contributed by atoms with Crippen LogP contribution >= 0.6 is 0 Å². The lowest BCUT2D eigenvalue weighted by Gasteiger charge is -2.40. The van der Waals surface area contributed by atoms with Crippen LogP contribution in [0.3, 0.4) is 0 Å². The Morgan fingerprint density at radius 3 is 2.34 bits per heavy atom. The van der Waals surface area contributed by atoms with Crippen LogP contribution < -0.4 is 9.64 Å². The van der Waals surface area contributed by atoms with Crippen LogP contribution in [0, 0.1) is 12.3 Å².